The maximum atomic E-state index is 11.8. The van der Waals surface area contributed by atoms with Gasteiger partial charge in [0.05, 0.1) is 15.4 Å². The van der Waals surface area contributed by atoms with Gasteiger partial charge in [-0.05, 0) is 115 Å². The first-order chi connectivity index (χ1) is 15.6. The fraction of sp³-hybridized carbons (Fsp3) is 0.786. The number of aliphatic hydroxyl groups is 3. The van der Waals surface area contributed by atoms with Crippen LogP contribution in [-0.2, 0) is 0 Å². The van der Waals surface area contributed by atoms with E-state index >= 15 is 0 Å². The van der Waals surface area contributed by atoms with Crippen molar-refractivity contribution >= 4 is 17.0 Å². The second-order valence-electron chi connectivity index (χ2n) is 12.6. The molecule has 1 aromatic rings. The highest BCUT2D eigenvalue weighted by Crippen LogP contribution is 2.59. The molecule has 0 bridgehead atoms. The van der Waals surface area contributed by atoms with E-state index in [1.54, 1.807) is 0 Å². The van der Waals surface area contributed by atoms with E-state index in [1.807, 2.05) is 6.07 Å². The van der Waals surface area contributed by atoms with Crippen LogP contribution in [-0.4, -0.2) is 27.6 Å². The van der Waals surface area contributed by atoms with Gasteiger partial charge in [0, 0.05) is 17.4 Å². The van der Waals surface area contributed by atoms with Gasteiger partial charge in [0.15, 0.2) is 6.29 Å². The molecule has 33 heavy (non-hydrogen) atoms. The van der Waals surface area contributed by atoms with Crippen molar-refractivity contribution in [1.29, 1.82) is 0 Å². The molecule has 0 radical (unpaired) electrons. The molecular weight excluding hydrogens is 430 g/mol. The number of nitrogens with zero attached hydrogens (tertiary/aromatic N) is 1. The summed E-state index contributed by atoms with van der Waals surface area (Å²) in [7, 11) is 0. The van der Waals surface area contributed by atoms with Gasteiger partial charge in [-0.1, -0.05) is 11.8 Å². The van der Waals surface area contributed by atoms with Gasteiger partial charge in [-0.3, -0.25) is 0 Å². The summed E-state index contributed by atoms with van der Waals surface area (Å²) in [6.07, 6.45) is 12.6. The predicted octanol–water partition coefficient (Wildman–Crippen LogP) is 5.95. The molecule has 0 saturated heterocycles. The Labute approximate surface area is 203 Å². The lowest BCUT2D eigenvalue weighted by Gasteiger charge is -2.45. The third-order valence-electron chi connectivity index (χ3n) is 8.93. The highest BCUT2D eigenvalue weighted by Gasteiger charge is 2.49. The maximum Gasteiger partial charge on any atom is 0.190 e. The molecule has 182 valence electrons. The normalized spacial score (nSPS) is 26.8. The molecular formula is C28H41NO3S. The van der Waals surface area contributed by atoms with Gasteiger partial charge in [0.25, 0.3) is 0 Å². The van der Waals surface area contributed by atoms with Crippen LogP contribution >= 0.6 is 11.3 Å². The molecule has 5 rings (SSSR count). The van der Waals surface area contributed by atoms with E-state index in [-0.39, 0.29) is 17.4 Å². The van der Waals surface area contributed by atoms with Gasteiger partial charge in [0.1, 0.15) is 6.23 Å². The number of aliphatic hydroxyl groups excluding tert-OH is 2. The SMILES string of the molecule is CC(C)(C)C#Cc1cc(N(C2CCC3(CC2)CC3)C(O)C2CCC3(CC2)CC3)c(C(O)O)s1. The average molecular weight is 472 g/mol. The van der Waals surface area contributed by atoms with E-state index in [9.17, 15) is 15.3 Å². The summed E-state index contributed by atoms with van der Waals surface area (Å²) in [5.41, 5.74) is 1.84. The molecule has 0 aliphatic heterocycles. The summed E-state index contributed by atoms with van der Waals surface area (Å²) in [4.78, 5) is 3.56. The molecule has 2 spiro atoms. The van der Waals surface area contributed by atoms with Crippen LogP contribution < -0.4 is 4.90 Å². The number of hydrogen-bond acceptors (Lipinski definition) is 5. The summed E-state index contributed by atoms with van der Waals surface area (Å²) in [5.74, 6) is 6.79. The Hall–Kier alpha value is -1.06. The van der Waals surface area contributed by atoms with Gasteiger partial charge in [0.2, 0.25) is 0 Å². The number of rotatable bonds is 5. The minimum Gasteiger partial charge on any atom is -0.373 e. The summed E-state index contributed by atoms with van der Waals surface area (Å²) in [6.45, 7) is 6.24. The monoisotopic (exact) mass is 471 g/mol. The summed E-state index contributed by atoms with van der Waals surface area (Å²) in [6, 6.07) is 2.26. The maximum absolute atomic E-state index is 11.8. The summed E-state index contributed by atoms with van der Waals surface area (Å²) < 4.78 is 0. The molecule has 4 aliphatic carbocycles. The second-order valence-corrected chi connectivity index (χ2v) is 13.7. The zero-order chi connectivity index (χ0) is 23.4. The third kappa shape index (κ3) is 5.15. The standard InChI is InChI=1S/C28H41NO3S/c1-26(2,3)9-8-21-18-22(23(33-21)25(31)32)29(20-6-12-28(13-7-20)16-17-28)24(30)19-4-10-27(11-5-19)14-15-27/h18-20,24-25,30-32H,4-7,10-17H2,1-3H3. The van der Waals surface area contributed by atoms with Crippen molar-refractivity contribution in [2.75, 3.05) is 4.90 Å². The van der Waals surface area contributed by atoms with Crippen LogP contribution in [0.25, 0.3) is 0 Å². The van der Waals surface area contributed by atoms with Gasteiger partial charge < -0.3 is 20.2 Å². The fourth-order valence-corrected chi connectivity index (χ4v) is 7.16. The molecule has 1 aromatic heterocycles. The third-order valence-corrected chi connectivity index (χ3v) is 10.0. The van der Waals surface area contributed by atoms with Crippen molar-refractivity contribution in [2.24, 2.45) is 22.2 Å². The molecule has 3 N–H and O–H groups in total. The van der Waals surface area contributed by atoms with Gasteiger partial charge in [-0.15, -0.1) is 11.3 Å². The second kappa shape index (κ2) is 8.55. The Morgan fingerprint density at radius 3 is 1.94 bits per heavy atom. The molecule has 4 fully saturated rings. The van der Waals surface area contributed by atoms with E-state index in [4.69, 9.17) is 0 Å². The van der Waals surface area contributed by atoms with Gasteiger partial charge in [-0.25, -0.2) is 0 Å². The highest BCUT2D eigenvalue weighted by molar-refractivity contribution is 7.13. The molecule has 4 aliphatic rings. The lowest BCUT2D eigenvalue weighted by atomic mass is 9.77. The van der Waals surface area contributed by atoms with E-state index in [2.05, 4.69) is 37.5 Å². The average Bonchev–Trinajstić information content (AvgIpc) is 3.66. The van der Waals surface area contributed by atoms with Crippen LogP contribution in [0.3, 0.4) is 0 Å². The Kier molecular flexibility index (Phi) is 6.14. The van der Waals surface area contributed by atoms with Crippen LogP contribution in [0.5, 0.6) is 0 Å². The van der Waals surface area contributed by atoms with Crippen molar-refractivity contribution in [3.63, 3.8) is 0 Å². The van der Waals surface area contributed by atoms with Crippen molar-refractivity contribution in [1.82, 2.24) is 0 Å². The van der Waals surface area contributed by atoms with Crippen LogP contribution in [0.2, 0.25) is 0 Å². The summed E-state index contributed by atoms with van der Waals surface area (Å²) in [5, 5.41) is 32.3. The number of anilines is 1. The van der Waals surface area contributed by atoms with Crippen molar-refractivity contribution in [3.8, 4) is 11.8 Å². The van der Waals surface area contributed by atoms with Crippen LogP contribution in [0, 0.1) is 34.0 Å². The Bertz CT molecular complexity index is 905. The molecule has 4 nitrogen and oxygen atoms in total. The molecule has 1 atom stereocenters. The minimum atomic E-state index is -1.55. The minimum absolute atomic E-state index is 0.121. The summed E-state index contributed by atoms with van der Waals surface area (Å²) >= 11 is 1.36. The largest absolute Gasteiger partial charge is 0.373 e. The highest BCUT2D eigenvalue weighted by atomic mass is 32.1. The van der Waals surface area contributed by atoms with Crippen LogP contribution in [0.15, 0.2) is 6.07 Å². The first-order valence-corrected chi connectivity index (χ1v) is 13.9. The number of thiophene rings is 1. The zero-order valence-corrected chi connectivity index (χ0v) is 21.4. The molecule has 0 aromatic carbocycles. The molecule has 4 saturated carbocycles. The topological polar surface area (TPSA) is 63.9 Å². The van der Waals surface area contributed by atoms with Crippen LogP contribution in [0.1, 0.15) is 114 Å². The van der Waals surface area contributed by atoms with Crippen molar-refractivity contribution in [2.45, 2.75) is 116 Å². The lowest BCUT2D eigenvalue weighted by molar-refractivity contribution is -0.0397. The fourth-order valence-electron chi connectivity index (χ4n) is 6.27. The lowest BCUT2D eigenvalue weighted by Crippen LogP contribution is -2.49. The molecule has 0 amide bonds. The quantitative estimate of drug-likeness (QED) is 0.367. The Balaban J connectivity index is 1.45. The van der Waals surface area contributed by atoms with Crippen molar-refractivity contribution in [3.05, 3.63) is 15.8 Å². The smallest absolute Gasteiger partial charge is 0.190 e. The predicted molar refractivity (Wildman–Crippen MR) is 134 cm³/mol. The van der Waals surface area contributed by atoms with E-state index in [1.165, 1.54) is 62.7 Å². The zero-order valence-electron chi connectivity index (χ0n) is 20.6. The number of hydrogen-bond donors (Lipinski definition) is 3. The van der Waals surface area contributed by atoms with E-state index in [0.29, 0.717) is 15.7 Å². The first kappa shape index (κ1) is 23.7. The Morgan fingerprint density at radius 1 is 0.909 bits per heavy atom. The van der Waals surface area contributed by atoms with Gasteiger partial charge >= 0.3 is 0 Å². The van der Waals surface area contributed by atoms with E-state index < -0.39 is 12.5 Å². The first-order valence-electron chi connectivity index (χ1n) is 13.1. The van der Waals surface area contributed by atoms with Crippen LogP contribution in [0.4, 0.5) is 5.69 Å². The van der Waals surface area contributed by atoms with Crippen molar-refractivity contribution < 1.29 is 15.3 Å². The van der Waals surface area contributed by atoms with E-state index in [0.717, 1.165) is 36.2 Å². The van der Waals surface area contributed by atoms with Gasteiger partial charge in [-0.2, -0.15) is 0 Å². The Morgan fingerprint density at radius 2 is 1.45 bits per heavy atom. The molecule has 1 heterocycles. The molecule has 1 unspecified atom stereocenters. The molecule has 5 heteroatoms.